The molecule has 0 heterocycles. The van der Waals surface area contributed by atoms with E-state index in [1.54, 1.807) is 20.8 Å². The number of hydrogen-bond donors (Lipinski definition) is 1. The first-order chi connectivity index (χ1) is 9.14. The first-order valence-electron chi connectivity index (χ1n) is 5.73. The highest BCUT2D eigenvalue weighted by atomic mass is 35.5. The van der Waals surface area contributed by atoms with E-state index in [0.717, 1.165) is 6.07 Å². The van der Waals surface area contributed by atoms with E-state index < -0.39 is 23.6 Å². The van der Waals surface area contributed by atoms with Crippen LogP contribution < -0.4 is 5.32 Å². The lowest BCUT2D eigenvalue weighted by Crippen LogP contribution is -2.35. The van der Waals surface area contributed by atoms with Gasteiger partial charge in [-0.05, 0) is 32.9 Å². The summed E-state index contributed by atoms with van der Waals surface area (Å²) in [7, 11) is 0. The summed E-state index contributed by atoms with van der Waals surface area (Å²) in [5.74, 6) is -0.732. The molecule has 0 saturated carbocycles. The minimum Gasteiger partial charge on any atom is -0.444 e. The van der Waals surface area contributed by atoms with Crippen molar-refractivity contribution in [1.82, 2.24) is 5.32 Å². The SMILES string of the molecule is CC(C)(C)OC(=O)NC(C=O)c1cc(F)c(Cl)cc1Cl. The van der Waals surface area contributed by atoms with Gasteiger partial charge in [0.25, 0.3) is 0 Å². The van der Waals surface area contributed by atoms with Gasteiger partial charge in [-0.15, -0.1) is 0 Å². The Bertz CT molecular complexity index is 529. The molecular formula is C13H14Cl2FNO3. The number of benzene rings is 1. The largest absolute Gasteiger partial charge is 0.444 e. The number of amides is 1. The van der Waals surface area contributed by atoms with E-state index in [9.17, 15) is 14.0 Å². The van der Waals surface area contributed by atoms with Gasteiger partial charge in [0.2, 0.25) is 0 Å². The predicted molar refractivity (Wildman–Crippen MR) is 74.6 cm³/mol. The summed E-state index contributed by atoms with van der Waals surface area (Å²) in [5, 5.41) is 2.21. The van der Waals surface area contributed by atoms with Gasteiger partial charge in [-0.1, -0.05) is 23.2 Å². The molecule has 7 heteroatoms. The third-order valence-corrected chi connectivity index (χ3v) is 2.80. The van der Waals surface area contributed by atoms with Crippen LogP contribution in [-0.4, -0.2) is 18.0 Å². The molecular weight excluding hydrogens is 308 g/mol. The van der Waals surface area contributed by atoms with Crippen molar-refractivity contribution in [3.63, 3.8) is 0 Å². The van der Waals surface area contributed by atoms with Crippen LogP contribution in [0.4, 0.5) is 9.18 Å². The number of aldehydes is 1. The smallest absolute Gasteiger partial charge is 0.408 e. The second-order valence-electron chi connectivity index (χ2n) is 5.05. The van der Waals surface area contributed by atoms with Gasteiger partial charge >= 0.3 is 6.09 Å². The third kappa shape index (κ3) is 4.65. The molecule has 0 fully saturated rings. The van der Waals surface area contributed by atoms with Crippen LogP contribution in [0.15, 0.2) is 12.1 Å². The van der Waals surface area contributed by atoms with E-state index >= 15 is 0 Å². The van der Waals surface area contributed by atoms with Gasteiger partial charge in [0, 0.05) is 10.6 Å². The molecule has 1 unspecified atom stereocenters. The van der Waals surface area contributed by atoms with Crippen LogP contribution >= 0.6 is 23.2 Å². The van der Waals surface area contributed by atoms with Crippen molar-refractivity contribution in [3.05, 3.63) is 33.6 Å². The summed E-state index contributed by atoms with van der Waals surface area (Å²) in [4.78, 5) is 22.7. The molecule has 0 spiro atoms. The number of alkyl carbamates (subject to hydrolysis) is 1. The van der Waals surface area contributed by atoms with Crippen molar-refractivity contribution >= 4 is 35.6 Å². The number of carbonyl (C=O) groups is 2. The summed E-state index contributed by atoms with van der Waals surface area (Å²) in [6.07, 6.45) is -0.376. The van der Waals surface area contributed by atoms with E-state index in [0.29, 0.717) is 6.29 Å². The number of nitrogens with one attached hydrogen (secondary N) is 1. The third-order valence-electron chi connectivity index (χ3n) is 2.18. The minimum atomic E-state index is -1.12. The quantitative estimate of drug-likeness (QED) is 0.678. The average Bonchev–Trinajstić information content (AvgIpc) is 2.29. The summed E-state index contributed by atoms with van der Waals surface area (Å²) < 4.78 is 18.4. The number of hydrogen-bond acceptors (Lipinski definition) is 3. The maximum Gasteiger partial charge on any atom is 0.408 e. The summed E-state index contributed by atoms with van der Waals surface area (Å²) in [6.45, 7) is 5.03. The van der Waals surface area contributed by atoms with Gasteiger partial charge in [0.15, 0.2) is 0 Å². The molecule has 0 aliphatic heterocycles. The van der Waals surface area contributed by atoms with Crippen LogP contribution in [0.25, 0.3) is 0 Å². The maximum atomic E-state index is 13.4. The molecule has 0 aliphatic carbocycles. The van der Waals surface area contributed by atoms with Gasteiger partial charge in [-0.2, -0.15) is 0 Å². The number of ether oxygens (including phenoxy) is 1. The highest BCUT2D eigenvalue weighted by Crippen LogP contribution is 2.28. The first-order valence-corrected chi connectivity index (χ1v) is 6.49. The number of halogens is 3. The van der Waals surface area contributed by atoms with E-state index in [1.165, 1.54) is 6.07 Å². The second-order valence-corrected chi connectivity index (χ2v) is 5.86. The molecule has 0 bridgehead atoms. The van der Waals surface area contributed by atoms with Crippen molar-refractivity contribution in [2.45, 2.75) is 32.4 Å². The minimum absolute atomic E-state index is 0.0737. The standard InChI is InChI=1S/C13H14Cl2FNO3/c1-13(2,3)20-12(19)17-11(6-18)7-4-10(16)9(15)5-8(7)14/h4-6,11H,1-3H3,(H,17,19). The monoisotopic (exact) mass is 321 g/mol. The van der Waals surface area contributed by atoms with Crippen molar-refractivity contribution in [1.29, 1.82) is 0 Å². The fraction of sp³-hybridized carbons (Fsp3) is 0.385. The molecule has 0 radical (unpaired) electrons. The van der Waals surface area contributed by atoms with Gasteiger partial charge < -0.3 is 14.8 Å². The van der Waals surface area contributed by atoms with Crippen LogP contribution in [-0.2, 0) is 9.53 Å². The normalized spacial score (nSPS) is 12.7. The van der Waals surface area contributed by atoms with Gasteiger partial charge in [0.1, 0.15) is 23.7 Å². The Labute approximate surface area is 126 Å². The van der Waals surface area contributed by atoms with Crippen LogP contribution in [0.2, 0.25) is 10.0 Å². The Hall–Kier alpha value is -1.33. The lowest BCUT2D eigenvalue weighted by Gasteiger charge is -2.22. The van der Waals surface area contributed by atoms with Crippen LogP contribution in [0, 0.1) is 5.82 Å². The van der Waals surface area contributed by atoms with Crippen molar-refractivity contribution in [3.8, 4) is 0 Å². The zero-order valence-electron chi connectivity index (χ0n) is 11.2. The number of carbonyl (C=O) groups excluding carboxylic acids is 2. The summed E-state index contributed by atoms with van der Waals surface area (Å²) in [5.41, 5.74) is -0.610. The molecule has 0 aliphatic rings. The van der Waals surface area contributed by atoms with Crippen molar-refractivity contribution < 1.29 is 18.7 Å². The molecule has 1 amide bonds. The molecule has 4 nitrogen and oxygen atoms in total. The molecule has 20 heavy (non-hydrogen) atoms. The fourth-order valence-corrected chi connectivity index (χ4v) is 1.90. The van der Waals surface area contributed by atoms with Crippen molar-refractivity contribution in [2.75, 3.05) is 0 Å². The highest BCUT2D eigenvalue weighted by molar-refractivity contribution is 6.35. The summed E-state index contributed by atoms with van der Waals surface area (Å²) >= 11 is 11.5. The average molecular weight is 322 g/mol. The zero-order valence-corrected chi connectivity index (χ0v) is 12.7. The van der Waals surface area contributed by atoms with Crippen LogP contribution in [0.5, 0.6) is 0 Å². The lowest BCUT2D eigenvalue weighted by atomic mass is 10.1. The maximum absolute atomic E-state index is 13.4. The number of rotatable bonds is 3. The Morgan fingerprint density at radius 2 is 1.95 bits per heavy atom. The van der Waals surface area contributed by atoms with E-state index in [1.807, 2.05) is 0 Å². The van der Waals surface area contributed by atoms with E-state index in [4.69, 9.17) is 27.9 Å². The van der Waals surface area contributed by atoms with E-state index in [-0.39, 0.29) is 15.6 Å². The van der Waals surface area contributed by atoms with Crippen LogP contribution in [0.3, 0.4) is 0 Å². The molecule has 0 saturated heterocycles. The lowest BCUT2D eigenvalue weighted by molar-refractivity contribution is -0.109. The molecule has 1 atom stereocenters. The molecule has 1 aromatic carbocycles. The van der Waals surface area contributed by atoms with Crippen molar-refractivity contribution in [2.24, 2.45) is 0 Å². The Morgan fingerprint density at radius 1 is 1.35 bits per heavy atom. The highest BCUT2D eigenvalue weighted by Gasteiger charge is 2.22. The second kappa shape index (κ2) is 6.41. The summed E-state index contributed by atoms with van der Waals surface area (Å²) in [6, 6.07) is 1.05. The Balaban J connectivity index is 2.95. The van der Waals surface area contributed by atoms with Crippen LogP contribution in [0.1, 0.15) is 32.4 Å². The molecule has 1 aromatic rings. The molecule has 110 valence electrons. The first kappa shape index (κ1) is 16.7. The van der Waals surface area contributed by atoms with E-state index in [2.05, 4.69) is 5.32 Å². The Morgan fingerprint density at radius 3 is 2.45 bits per heavy atom. The molecule has 1 rings (SSSR count). The zero-order chi connectivity index (χ0) is 15.5. The molecule has 0 aromatic heterocycles. The predicted octanol–water partition coefficient (Wildman–Crippen LogP) is 3.90. The Kier molecular flexibility index (Phi) is 5.36. The van der Waals surface area contributed by atoms with Gasteiger partial charge in [0.05, 0.1) is 5.02 Å². The molecule has 1 N–H and O–H groups in total. The fourth-order valence-electron chi connectivity index (χ4n) is 1.40. The topological polar surface area (TPSA) is 55.4 Å². The van der Waals surface area contributed by atoms with Gasteiger partial charge in [-0.25, -0.2) is 9.18 Å². The van der Waals surface area contributed by atoms with Gasteiger partial charge in [-0.3, -0.25) is 0 Å².